The molecule has 0 saturated heterocycles. The number of rotatable bonds is 0. The molecular formula is H9Na3O4SiSr. The van der Waals surface area contributed by atoms with Gasteiger partial charge in [-0.2, -0.15) is 0 Å². The first kappa shape index (κ1) is 29.2. The molecule has 4 N–H and O–H groups in total. The van der Waals surface area contributed by atoms with Gasteiger partial charge in [0.05, 0.1) is 0 Å². The summed E-state index contributed by atoms with van der Waals surface area (Å²) in [5.41, 5.74) is 0. The van der Waals surface area contributed by atoms with Crippen LogP contribution in [-0.4, -0.2) is 162 Å². The fourth-order valence-electron chi connectivity index (χ4n) is 0. The minimum atomic E-state index is -4.61. The standard InChI is InChI=1S/3Na.H4O4Si.Sr.5H/c;;;1-5(2,3)4;;;;;;/h;;;1-4H;;;;;;. The van der Waals surface area contributed by atoms with E-state index in [2.05, 4.69) is 0 Å². The van der Waals surface area contributed by atoms with Gasteiger partial charge in [-0.25, -0.2) is 0 Å². The Balaban J connectivity index is -0.0000000133. The Morgan fingerprint density at radius 2 is 0.667 bits per heavy atom. The summed E-state index contributed by atoms with van der Waals surface area (Å²) in [5.74, 6) is 0. The maximum absolute atomic E-state index is 7.33. The summed E-state index contributed by atoms with van der Waals surface area (Å²) in [6.45, 7) is 0. The third-order valence-electron chi connectivity index (χ3n) is 0. The van der Waals surface area contributed by atoms with Gasteiger partial charge in [-0.1, -0.05) is 0 Å². The Hall–Kier alpha value is 4.54. The zero-order valence-corrected chi connectivity index (χ0v) is 3.29. The van der Waals surface area contributed by atoms with E-state index >= 15 is 0 Å². The molecule has 0 aliphatic rings. The van der Waals surface area contributed by atoms with Crippen molar-refractivity contribution in [2.24, 2.45) is 0 Å². The van der Waals surface area contributed by atoms with Gasteiger partial charge >= 0.3 is 143 Å². The summed E-state index contributed by atoms with van der Waals surface area (Å²) in [6, 6.07) is 0. The summed E-state index contributed by atoms with van der Waals surface area (Å²) in [6.07, 6.45) is 0. The van der Waals surface area contributed by atoms with Crippen LogP contribution in [-0.2, 0) is 0 Å². The molecule has 0 amide bonds. The van der Waals surface area contributed by atoms with Crippen LogP contribution in [0.1, 0.15) is 0 Å². The van der Waals surface area contributed by atoms with Crippen LogP contribution >= 0.6 is 0 Å². The first-order chi connectivity index (χ1) is 2.00. The Morgan fingerprint density at radius 1 is 0.667 bits per heavy atom. The van der Waals surface area contributed by atoms with Gasteiger partial charge < -0.3 is 19.2 Å². The molecule has 0 bridgehead atoms. The van der Waals surface area contributed by atoms with Gasteiger partial charge in [-0.15, -0.1) is 0 Å². The molecule has 0 aromatic heterocycles. The molecule has 0 spiro atoms. The van der Waals surface area contributed by atoms with E-state index in [4.69, 9.17) is 19.2 Å². The SMILES string of the molecule is O[Si](O)(O)O.[NaH].[NaH].[NaH].[SrH2]. The third kappa shape index (κ3) is 67.6. The van der Waals surface area contributed by atoms with Crippen molar-refractivity contribution in [2.75, 3.05) is 0 Å². The molecule has 0 aromatic rings. The van der Waals surface area contributed by atoms with Crippen LogP contribution in [0.4, 0.5) is 0 Å². The van der Waals surface area contributed by atoms with Crippen LogP contribution < -0.4 is 0 Å². The maximum atomic E-state index is 7.33. The Kier molecular flexibility index (Phi) is 48.8. The molecule has 0 saturated carbocycles. The molecular weight excluding hydrogens is 249 g/mol. The summed E-state index contributed by atoms with van der Waals surface area (Å²) in [5, 5.41) is 0. The first-order valence-electron chi connectivity index (χ1n) is 0.894. The van der Waals surface area contributed by atoms with E-state index in [-0.39, 0.29) is 134 Å². The molecule has 0 atom stereocenters. The van der Waals surface area contributed by atoms with Crippen LogP contribution in [0.5, 0.6) is 0 Å². The summed E-state index contributed by atoms with van der Waals surface area (Å²) >= 11 is 0. The van der Waals surface area contributed by atoms with E-state index < -0.39 is 9.05 Å². The van der Waals surface area contributed by atoms with Crippen LogP contribution in [0.15, 0.2) is 0 Å². The van der Waals surface area contributed by atoms with E-state index in [0.29, 0.717) is 0 Å². The molecule has 0 fully saturated rings. The average molecular weight is 258 g/mol. The molecule has 9 heteroatoms. The van der Waals surface area contributed by atoms with Gasteiger partial charge in [0.15, 0.2) is 0 Å². The van der Waals surface area contributed by atoms with Gasteiger partial charge in [0.25, 0.3) is 0 Å². The van der Waals surface area contributed by atoms with Crippen LogP contribution in [0.2, 0.25) is 0 Å². The fourth-order valence-corrected chi connectivity index (χ4v) is 0. The van der Waals surface area contributed by atoms with E-state index in [9.17, 15) is 0 Å². The molecule has 0 aromatic carbocycles. The second-order valence-electron chi connectivity index (χ2n) is 0.600. The van der Waals surface area contributed by atoms with E-state index in [0.717, 1.165) is 0 Å². The topological polar surface area (TPSA) is 80.9 Å². The molecule has 0 aliphatic heterocycles. The van der Waals surface area contributed by atoms with E-state index in [1.807, 2.05) is 0 Å². The van der Waals surface area contributed by atoms with Gasteiger partial charge in [0.1, 0.15) is 0 Å². The molecule has 42 valence electrons. The van der Waals surface area contributed by atoms with Crippen molar-refractivity contribution in [1.82, 2.24) is 0 Å². The second kappa shape index (κ2) is 15.0. The normalized spacial score (nSPS) is 6.67. The second-order valence-corrected chi connectivity index (χ2v) is 1.80. The van der Waals surface area contributed by atoms with Crippen LogP contribution in [0, 0.1) is 0 Å². The number of hydrogen-bond acceptors (Lipinski definition) is 4. The van der Waals surface area contributed by atoms with Crippen molar-refractivity contribution in [3.05, 3.63) is 0 Å². The van der Waals surface area contributed by atoms with Crippen molar-refractivity contribution >= 4 is 143 Å². The molecule has 4 nitrogen and oxygen atoms in total. The fraction of sp³-hybridized carbons (Fsp3) is 0. The summed E-state index contributed by atoms with van der Waals surface area (Å²) in [4.78, 5) is 29.3. The first-order valence-corrected chi connectivity index (χ1v) is 2.68. The quantitative estimate of drug-likeness (QED) is 0.327. The number of hydrogen-bond donors (Lipinski definition) is 4. The average Bonchev–Trinajstić information content (AvgIpc) is 0.722. The monoisotopic (exact) mass is 258 g/mol. The Morgan fingerprint density at radius 3 is 0.667 bits per heavy atom. The Bertz CT molecular complexity index is 31.3. The minimum absolute atomic E-state index is 0. The third-order valence-corrected chi connectivity index (χ3v) is 0. The molecule has 0 rings (SSSR count). The molecule has 0 radical (unpaired) electrons. The molecule has 0 heterocycles. The van der Waals surface area contributed by atoms with E-state index in [1.165, 1.54) is 0 Å². The van der Waals surface area contributed by atoms with Crippen molar-refractivity contribution in [3.8, 4) is 0 Å². The van der Waals surface area contributed by atoms with Crippen LogP contribution in [0.3, 0.4) is 0 Å². The van der Waals surface area contributed by atoms with Gasteiger partial charge in [0, 0.05) is 0 Å². The summed E-state index contributed by atoms with van der Waals surface area (Å²) < 4.78 is 0. The van der Waals surface area contributed by atoms with Gasteiger partial charge in [-0.05, 0) is 0 Å². The van der Waals surface area contributed by atoms with Crippen molar-refractivity contribution in [1.29, 1.82) is 0 Å². The molecule has 0 unspecified atom stereocenters. The van der Waals surface area contributed by atoms with Gasteiger partial charge in [0.2, 0.25) is 0 Å². The predicted molar refractivity (Wildman–Crippen MR) is 44.6 cm³/mol. The van der Waals surface area contributed by atoms with Crippen LogP contribution in [0.25, 0.3) is 0 Å². The molecule has 9 heavy (non-hydrogen) atoms. The Labute approximate surface area is 158 Å². The van der Waals surface area contributed by atoms with Crippen molar-refractivity contribution < 1.29 is 19.2 Å². The predicted octanol–water partition coefficient (Wildman–Crippen LogP) is -5.47. The zero-order valence-electron chi connectivity index (χ0n) is 2.29. The molecule has 0 aliphatic carbocycles. The van der Waals surface area contributed by atoms with Crippen molar-refractivity contribution in [3.63, 3.8) is 0 Å². The zero-order chi connectivity index (χ0) is 4.50. The van der Waals surface area contributed by atoms with Gasteiger partial charge in [-0.3, -0.25) is 0 Å². The van der Waals surface area contributed by atoms with E-state index in [1.54, 1.807) is 0 Å². The van der Waals surface area contributed by atoms with Crippen molar-refractivity contribution in [2.45, 2.75) is 0 Å². The summed E-state index contributed by atoms with van der Waals surface area (Å²) in [7, 11) is -4.61.